The van der Waals surface area contributed by atoms with Gasteiger partial charge in [0.15, 0.2) is 0 Å². The molecule has 2 N–H and O–H groups in total. The fourth-order valence-corrected chi connectivity index (χ4v) is 2.06. The average molecular weight is 324 g/mol. The zero-order valence-corrected chi connectivity index (χ0v) is 13.9. The summed E-state index contributed by atoms with van der Waals surface area (Å²) in [6.45, 7) is 5.29. The van der Waals surface area contributed by atoms with Gasteiger partial charge in [-0.3, -0.25) is 15.5 Å². The molecule has 1 amide bonds. The van der Waals surface area contributed by atoms with E-state index < -0.39 is 11.7 Å². The first-order chi connectivity index (χ1) is 11.3. The Morgan fingerprint density at radius 3 is 1.96 bits per heavy atom. The van der Waals surface area contributed by atoms with Gasteiger partial charge in [0.2, 0.25) is 0 Å². The molecule has 5 heteroatoms. The van der Waals surface area contributed by atoms with Crippen LogP contribution < -0.4 is 5.32 Å². The number of carbonyl (C=O) groups excluding carboxylic acids is 2. The topological polar surface area (TPSA) is 79.2 Å². The van der Waals surface area contributed by atoms with Gasteiger partial charge >= 0.3 is 6.09 Å². The van der Waals surface area contributed by atoms with Crippen molar-refractivity contribution in [2.45, 2.75) is 26.4 Å². The van der Waals surface area contributed by atoms with Gasteiger partial charge in [-0.05, 0) is 31.9 Å². The number of carbonyl (C=O) groups is 2. The highest BCUT2D eigenvalue weighted by atomic mass is 16.6. The number of hydrogen-bond acceptors (Lipinski definition) is 4. The molecule has 0 aromatic heterocycles. The van der Waals surface area contributed by atoms with Crippen molar-refractivity contribution in [3.05, 3.63) is 59.7 Å². The van der Waals surface area contributed by atoms with Gasteiger partial charge in [-0.15, -0.1) is 0 Å². The smallest absolute Gasteiger partial charge is 0.413 e. The van der Waals surface area contributed by atoms with Gasteiger partial charge in [-0.2, -0.15) is 0 Å². The lowest BCUT2D eigenvalue weighted by atomic mass is 10.0. The highest BCUT2D eigenvalue weighted by Gasteiger charge is 2.17. The first-order valence-corrected chi connectivity index (χ1v) is 7.53. The molecular formula is C19H20N2O3. The van der Waals surface area contributed by atoms with Crippen LogP contribution >= 0.6 is 0 Å². The molecule has 124 valence electrons. The number of ether oxygens (including phenoxy) is 1. The van der Waals surface area contributed by atoms with Crippen molar-refractivity contribution < 1.29 is 14.3 Å². The lowest BCUT2D eigenvalue weighted by Gasteiger charge is -2.19. The Hall–Kier alpha value is -2.95. The third kappa shape index (κ3) is 4.78. The number of alkyl carbamates (subject to hydrolysis) is 1. The molecule has 24 heavy (non-hydrogen) atoms. The molecule has 0 saturated carbocycles. The first kappa shape index (κ1) is 17.4. The number of nitrogens with one attached hydrogen (secondary N) is 2. The van der Waals surface area contributed by atoms with E-state index in [1.54, 1.807) is 45.0 Å². The van der Waals surface area contributed by atoms with Crippen LogP contribution in [0.15, 0.2) is 48.5 Å². The Morgan fingerprint density at radius 1 is 1.00 bits per heavy atom. The Bertz CT molecular complexity index is 742. The minimum atomic E-state index is -0.652. The lowest BCUT2D eigenvalue weighted by molar-refractivity contribution is 0.0563. The van der Waals surface area contributed by atoms with Gasteiger partial charge in [-0.1, -0.05) is 48.5 Å². The van der Waals surface area contributed by atoms with Crippen molar-refractivity contribution in [3.63, 3.8) is 0 Å². The highest BCUT2D eigenvalue weighted by molar-refractivity contribution is 6.04. The number of rotatable bonds is 3. The fourth-order valence-electron chi connectivity index (χ4n) is 2.06. The molecule has 0 bridgehead atoms. The summed E-state index contributed by atoms with van der Waals surface area (Å²) in [6.07, 6.45) is 0.150. The molecule has 0 fully saturated rings. The average Bonchev–Trinajstić information content (AvgIpc) is 2.53. The summed E-state index contributed by atoms with van der Waals surface area (Å²) in [5, 5.41) is 10.4. The van der Waals surface area contributed by atoms with Gasteiger partial charge in [0.1, 0.15) is 17.7 Å². The van der Waals surface area contributed by atoms with Crippen molar-refractivity contribution in [1.29, 1.82) is 5.41 Å². The summed E-state index contributed by atoms with van der Waals surface area (Å²) in [7, 11) is 0. The molecule has 0 radical (unpaired) electrons. The van der Waals surface area contributed by atoms with E-state index in [1.807, 2.05) is 24.3 Å². The van der Waals surface area contributed by atoms with Crippen molar-refractivity contribution in [3.8, 4) is 11.1 Å². The van der Waals surface area contributed by atoms with E-state index in [1.165, 1.54) is 0 Å². The van der Waals surface area contributed by atoms with Crippen LogP contribution in [0.5, 0.6) is 0 Å². The standard InChI is InChI=1S/C19H20N2O3/c1-19(2,3)24-18(23)21-17(20)16-10-8-15(9-11-16)14-6-4-13(12-22)5-7-14/h4-12H,1-3H3,(H2,20,21,23). The van der Waals surface area contributed by atoms with Crippen LogP contribution in [0.25, 0.3) is 11.1 Å². The predicted octanol–water partition coefficient (Wildman–Crippen LogP) is 4.02. The molecule has 0 atom stereocenters. The Balaban J connectivity index is 2.06. The minimum Gasteiger partial charge on any atom is -0.444 e. The van der Waals surface area contributed by atoms with Crippen LogP contribution in [0.4, 0.5) is 4.79 Å². The predicted molar refractivity (Wildman–Crippen MR) is 93.5 cm³/mol. The van der Waals surface area contributed by atoms with Crippen LogP contribution in [-0.4, -0.2) is 23.8 Å². The summed E-state index contributed by atoms with van der Waals surface area (Å²) in [4.78, 5) is 22.4. The number of benzene rings is 2. The molecule has 0 saturated heterocycles. The molecule has 0 heterocycles. The summed E-state index contributed by atoms with van der Waals surface area (Å²) in [6, 6.07) is 14.5. The molecule has 2 aromatic carbocycles. The maximum atomic E-state index is 11.7. The first-order valence-electron chi connectivity index (χ1n) is 7.53. The zero-order valence-electron chi connectivity index (χ0n) is 13.9. The second-order valence-electron chi connectivity index (χ2n) is 6.32. The monoisotopic (exact) mass is 324 g/mol. The van der Waals surface area contributed by atoms with Crippen molar-refractivity contribution in [2.24, 2.45) is 0 Å². The summed E-state index contributed by atoms with van der Waals surface area (Å²) >= 11 is 0. The van der Waals surface area contributed by atoms with E-state index in [4.69, 9.17) is 10.1 Å². The third-order valence-electron chi connectivity index (χ3n) is 3.18. The summed E-state index contributed by atoms with van der Waals surface area (Å²) in [5.74, 6) is -0.0212. The summed E-state index contributed by atoms with van der Waals surface area (Å²) < 4.78 is 5.13. The molecule has 0 aliphatic rings. The number of hydrogen-bond donors (Lipinski definition) is 2. The van der Waals surface area contributed by atoms with E-state index in [9.17, 15) is 9.59 Å². The van der Waals surface area contributed by atoms with Crippen molar-refractivity contribution in [1.82, 2.24) is 5.32 Å². The molecular weight excluding hydrogens is 304 g/mol. The number of amidine groups is 1. The highest BCUT2D eigenvalue weighted by Crippen LogP contribution is 2.20. The Kier molecular flexibility index (Phi) is 5.14. The van der Waals surface area contributed by atoms with Crippen molar-refractivity contribution >= 4 is 18.2 Å². The van der Waals surface area contributed by atoms with E-state index in [0.717, 1.165) is 17.4 Å². The van der Waals surface area contributed by atoms with Crippen LogP contribution in [0, 0.1) is 5.41 Å². The second kappa shape index (κ2) is 7.08. The van der Waals surface area contributed by atoms with E-state index in [0.29, 0.717) is 11.1 Å². The molecule has 2 aromatic rings. The zero-order chi connectivity index (χ0) is 17.7. The fraction of sp³-hybridized carbons (Fsp3) is 0.211. The van der Waals surface area contributed by atoms with E-state index in [-0.39, 0.29) is 5.84 Å². The lowest BCUT2D eigenvalue weighted by Crippen LogP contribution is -2.36. The quantitative estimate of drug-likeness (QED) is 0.508. The van der Waals surface area contributed by atoms with Crippen LogP contribution in [0.1, 0.15) is 36.7 Å². The maximum Gasteiger partial charge on any atom is 0.413 e. The molecule has 0 spiro atoms. The van der Waals surface area contributed by atoms with Gasteiger partial charge in [-0.25, -0.2) is 4.79 Å². The van der Waals surface area contributed by atoms with E-state index >= 15 is 0 Å². The van der Waals surface area contributed by atoms with E-state index in [2.05, 4.69) is 5.32 Å². The van der Waals surface area contributed by atoms with Crippen molar-refractivity contribution in [2.75, 3.05) is 0 Å². The van der Waals surface area contributed by atoms with Gasteiger partial charge in [0.25, 0.3) is 0 Å². The second-order valence-corrected chi connectivity index (χ2v) is 6.32. The largest absolute Gasteiger partial charge is 0.444 e. The molecule has 5 nitrogen and oxygen atoms in total. The van der Waals surface area contributed by atoms with Gasteiger partial charge in [0, 0.05) is 11.1 Å². The third-order valence-corrected chi connectivity index (χ3v) is 3.18. The number of amides is 1. The molecule has 2 rings (SSSR count). The Morgan fingerprint density at radius 2 is 1.50 bits per heavy atom. The SMILES string of the molecule is CC(C)(C)OC(=O)NC(=N)c1ccc(-c2ccc(C=O)cc2)cc1. The number of aldehydes is 1. The van der Waals surface area contributed by atoms with Crippen LogP contribution in [0.2, 0.25) is 0 Å². The maximum absolute atomic E-state index is 11.7. The minimum absolute atomic E-state index is 0.0212. The normalized spacial score (nSPS) is 10.8. The molecule has 0 aliphatic heterocycles. The summed E-state index contributed by atoms with van der Waals surface area (Å²) in [5.41, 5.74) is 2.52. The Labute approximate surface area is 141 Å². The van der Waals surface area contributed by atoms with Gasteiger partial charge < -0.3 is 4.74 Å². The molecule has 0 aliphatic carbocycles. The van der Waals surface area contributed by atoms with Crippen LogP contribution in [-0.2, 0) is 4.74 Å². The molecule has 0 unspecified atom stereocenters. The van der Waals surface area contributed by atoms with Gasteiger partial charge in [0.05, 0.1) is 0 Å². The van der Waals surface area contributed by atoms with Crippen LogP contribution in [0.3, 0.4) is 0 Å².